The van der Waals surface area contributed by atoms with Crippen LogP contribution in [0.15, 0.2) is 23.4 Å². The maximum atomic E-state index is 8.68. The number of nitrogens with zero attached hydrogens (tertiary/aromatic N) is 1. The number of terminal acetylenes is 1. The highest BCUT2D eigenvalue weighted by Crippen LogP contribution is 2.19. The summed E-state index contributed by atoms with van der Waals surface area (Å²) < 4.78 is 5.12. The molecule has 1 rings (SSSR count). The molecule has 17 heavy (non-hydrogen) atoms. The molecule has 0 spiro atoms. The zero-order chi connectivity index (χ0) is 12.7. The molecule has 0 heterocycles. The number of hydrogen-bond acceptors (Lipinski definition) is 4. The van der Waals surface area contributed by atoms with Gasteiger partial charge in [-0.3, -0.25) is 0 Å². The van der Waals surface area contributed by atoms with E-state index in [0.29, 0.717) is 24.4 Å². The van der Waals surface area contributed by atoms with Crippen molar-refractivity contribution in [3.8, 4) is 18.1 Å². The van der Waals surface area contributed by atoms with Gasteiger partial charge in [-0.15, -0.1) is 6.42 Å². The molecule has 0 saturated heterocycles. The normalized spacial score (nSPS) is 10.9. The number of methoxy groups -OCH3 is 1. The van der Waals surface area contributed by atoms with E-state index in [9.17, 15) is 0 Å². The fourth-order valence-electron chi connectivity index (χ4n) is 1.40. The van der Waals surface area contributed by atoms with E-state index in [2.05, 4.69) is 16.4 Å². The minimum atomic E-state index is 0.0145. The average Bonchev–Trinajstić information content (AvgIpc) is 2.38. The van der Waals surface area contributed by atoms with Gasteiger partial charge in [0.05, 0.1) is 19.2 Å². The first-order chi connectivity index (χ1) is 8.22. The quantitative estimate of drug-likeness (QED) is 0.173. The average molecular weight is 233 g/mol. The number of amidine groups is 1. The highest BCUT2D eigenvalue weighted by molar-refractivity contribution is 5.99. The number of oxime groups is 1. The van der Waals surface area contributed by atoms with Gasteiger partial charge in [0.2, 0.25) is 0 Å². The molecule has 0 unspecified atom stereocenters. The maximum absolute atomic E-state index is 8.68. The summed E-state index contributed by atoms with van der Waals surface area (Å²) in [6.07, 6.45) is 5.13. The van der Waals surface area contributed by atoms with Crippen LogP contribution in [-0.4, -0.2) is 24.7 Å². The minimum Gasteiger partial charge on any atom is -0.496 e. The molecule has 0 bridgehead atoms. The Labute approximate surface area is 100 Å². The molecule has 1 aromatic rings. The molecular weight excluding hydrogens is 218 g/mol. The Hall–Kier alpha value is -2.19. The summed E-state index contributed by atoms with van der Waals surface area (Å²) in [5.41, 5.74) is 7.09. The highest BCUT2D eigenvalue weighted by Gasteiger charge is 2.08. The van der Waals surface area contributed by atoms with Gasteiger partial charge in [0.25, 0.3) is 0 Å². The van der Waals surface area contributed by atoms with Gasteiger partial charge in [0.15, 0.2) is 5.84 Å². The second-order valence-electron chi connectivity index (χ2n) is 3.33. The van der Waals surface area contributed by atoms with Gasteiger partial charge in [-0.2, -0.15) is 0 Å². The molecule has 0 aliphatic heterocycles. The molecular formula is C12H15N3O2. The van der Waals surface area contributed by atoms with Crippen LogP contribution in [0.5, 0.6) is 5.75 Å². The third kappa shape index (κ3) is 3.40. The number of benzene rings is 1. The van der Waals surface area contributed by atoms with E-state index in [1.807, 2.05) is 6.07 Å². The second-order valence-corrected chi connectivity index (χ2v) is 3.33. The monoisotopic (exact) mass is 233 g/mol. The minimum absolute atomic E-state index is 0.0145. The van der Waals surface area contributed by atoms with Gasteiger partial charge in [0.1, 0.15) is 5.75 Å². The predicted octanol–water partition coefficient (Wildman–Crippen LogP) is 0.512. The third-order valence-corrected chi connectivity index (χ3v) is 2.20. The third-order valence-electron chi connectivity index (χ3n) is 2.20. The van der Waals surface area contributed by atoms with Gasteiger partial charge in [0, 0.05) is 6.54 Å². The van der Waals surface area contributed by atoms with E-state index in [1.54, 1.807) is 12.1 Å². The van der Waals surface area contributed by atoms with Crippen LogP contribution in [0, 0.1) is 12.3 Å². The molecule has 0 radical (unpaired) electrons. The van der Waals surface area contributed by atoms with Crippen LogP contribution >= 0.6 is 0 Å². The van der Waals surface area contributed by atoms with E-state index in [4.69, 9.17) is 22.1 Å². The molecule has 0 amide bonds. The Kier molecular flexibility index (Phi) is 4.85. The van der Waals surface area contributed by atoms with Crippen LogP contribution < -0.4 is 15.8 Å². The van der Waals surface area contributed by atoms with Crippen molar-refractivity contribution in [1.82, 2.24) is 5.32 Å². The molecule has 5 heteroatoms. The smallest absolute Gasteiger partial charge is 0.173 e. The lowest BCUT2D eigenvalue weighted by atomic mass is 10.1. The first-order valence-corrected chi connectivity index (χ1v) is 5.02. The molecule has 0 aromatic heterocycles. The number of nitrogens with two attached hydrogens (primary N) is 1. The van der Waals surface area contributed by atoms with Crippen LogP contribution in [0.4, 0.5) is 0 Å². The standard InChI is InChI=1S/C12H15N3O2/c1-3-6-14-8-9-4-5-11(17-2)10(7-9)12(13)15-16/h1,4-5,7,14,16H,6,8H2,2H3,(H2,13,15). The Morgan fingerprint density at radius 1 is 1.65 bits per heavy atom. The van der Waals surface area contributed by atoms with E-state index in [-0.39, 0.29) is 5.84 Å². The molecule has 0 fully saturated rings. The van der Waals surface area contributed by atoms with Crippen molar-refractivity contribution < 1.29 is 9.94 Å². The topological polar surface area (TPSA) is 79.9 Å². The van der Waals surface area contributed by atoms with Crippen molar-refractivity contribution in [3.05, 3.63) is 29.3 Å². The predicted molar refractivity (Wildman–Crippen MR) is 66.0 cm³/mol. The lowest BCUT2D eigenvalue weighted by Gasteiger charge is -2.09. The molecule has 0 saturated carbocycles. The first kappa shape index (κ1) is 12.9. The molecule has 4 N–H and O–H groups in total. The fraction of sp³-hybridized carbons (Fsp3) is 0.250. The SMILES string of the molecule is C#CCNCc1ccc(OC)c(/C(N)=N/O)c1. The zero-order valence-electron chi connectivity index (χ0n) is 9.60. The number of nitrogens with one attached hydrogen (secondary N) is 1. The lowest BCUT2D eigenvalue weighted by molar-refractivity contribution is 0.318. The number of rotatable bonds is 5. The van der Waals surface area contributed by atoms with Gasteiger partial charge in [-0.1, -0.05) is 17.1 Å². The van der Waals surface area contributed by atoms with Gasteiger partial charge in [-0.25, -0.2) is 0 Å². The van der Waals surface area contributed by atoms with Crippen LogP contribution in [0.3, 0.4) is 0 Å². The van der Waals surface area contributed by atoms with Crippen LogP contribution in [0.2, 0.25) is 0 Å². The van der Waals surface area contributed by atoms with Crippen molar-refractivity contribution >= 4 is 5.84 Å². The molecule has 5 nitrogen and oxygen atoms in total. The maximum Gasteiger partial charge on any atom is 0.173 e. The summed E-state index contributed by atoms with van der Waals surface area (Å²) in [6.45, 7) is 1.10. The van der Waals surface area contributed by atoms with Crippen molar-refractivity contribution in [2.45, 2.75) is 6.54 Å². The number of ether oxygens (including phenoxy) is 1. The Balaban J connectivity index is 2.93. The van der Waals surface area contributed by atoms with Gasteiger partial charge >= 0.3 is 0 Å². The highest BCUT2D eigenvalue weighted by atomic mass is 16.5. The first-order valence-electron chi connectivity index (χ1n) is 5.02. The molecule has 1 aromatic carbocycles. The van der Waals surface area contributed by atoms with Crippen LogP contribution in [-0.2, 0) is 6.54 Å². The Morgan fingerprint density at radius 3 is 3.00 bits per heavy atom. The van der Waals surface area contributed by atoms with Crippen molar-refractivity contribution in [1.29, 1.82) is 0 Å². The van der Waals surface area contributed by atoms with Gasteiger partial charge < -0.3 is 21.0 Å². The van der Waals surface area contributed by atoms with Crippen LogP contribution in [0.1, 0.15) is 11.1 Å². The van der Waals surface area contributed by atoms with Crippen molar-refractivity contribution in [3.63, 3.8) is 0 Å². The lowest BCUT2D eigenvalue weighted by Crippen LogP contribution is -2.17. The summed E-state index contributed by atoms with van der Waals surface area (Å²) in [4.78, 5) is 0. The van der Waals surface area contributed by atoms with E-state index >= 15 is 0 Å². The number of hydrogen-bond donors (Lipinski definition) is 3. The summed E-state index contributed by atoms with van der Waals surface area (Å²) >= 11 is 0. The summed E-state index contributed by atoms with van der Waals surface area (Å²) in [5, 5.41) is 14.7. The second kappa shape index (κ2) is 6.40. The fourth-order valence-corrected chi connectivity index (χ4v) is 1.40. The molecule has 0 atom stereocenters. The van der Waals surface area contributed by atoms with E-state index in [0.717, 1.165) is 5.56 Å². The molecule has 90 valence electrons. The van der Waals surface area contributed by atoms with Crippen molar-refractivity contribution in [2.75, 3.05) is 13.7 Å². The van der Waals surface area contributed by atoms with Crippen LogP contribution in [0.25, 0.3) is 0 Å². The summed E-state index contributed by atoms with van der Waals surface area (Å²) in [6, 6.07) is 5.44. The molecule has 0 aliphatic carbocycles. The Morgan fingerprint density at radius 2 is 2.41 bits per heavy atom. The Bertz CT molecular complexity index is 450. The zero-order valence-corrected chi connectivity index (χ0v) is 9.60. The summed E-state index contributed by atoms with van der Waals surface area (Å²) in [7, 11) is 1.53. The largest absolute Gasteiger partial charge is 0.496 e. The van der Waals surface area contributed by atoms with Gasteiger partial charge in [-0.05, 0) is 17.7 Å². The van der Waals surface area contributed by atoms with E-state index in [1.165, 1.54) is 7.11 Å². The summed E-state index contributed by atoms with van der Waals surface area (Å²) in [5.74, 6) is 3.06. The molecule has 0 aliphatic rings. The van der Waals surface area contributed by atoms with E-state index < -0.39 is 0 Å². The van der Waals surface area contributed by atoms with Crippen molar-refractivity contribution in [2.24, 2.45) is 10.9 Å².